The topological polar surface area (TPSA) is 61.8 Å². The largest absolute Gasteiger partial charge is 0.508 e. The predicted octanol–water partition coefficient (Wildman–Crippen LogP) is 3.02. The Morgan fingerprint density at radius 3 is 2.74 bits per heavy atom. The Labute approximate surface area is 136 Å². The number of halogens is 1. The van der Waals surface area contributed by atoms with Crippen LogP contribution in [0, 0.1) is 5.82 Å². The van der Waals surface area contributed by atoms with Gasteiger partial charge in [-0.05, 0) is 51.8 Å². The Hall–Kier alpha value is -1.82. The molecule has 0 saturated heterocycles. The van der Waals surface area contributed by atoms with Crippen LogP contribution in [0.15, 0.2) is 18.2 Å². The maximum atomic E-state index is 13.2. The van der Waals surface area contributed by atoms with Gasteiger partial charge in [-0.3, -0.25) is 0 Å². The maximum absolute atomic E-state index is 13.2. The number of phenols is 1. The van der Waals surface area contributed by atoms with Gasteiger partial charge in [0.2, 0.25) is 0 Å². The molecule has 0 atom stereocenters. The summed E-state index contributed by atoms with van der Waals surface area (Å²) in [4.78, 5) is 13.9. The molecule has 1 aromatic carbocycles. The highest BCUT2D eigenvalue weighted by Crippen LogP contribution is 2.28. The Kier molecular flexibility index (Phi) is 5.46. The van der Waals surface area contributed by atoms with Crippen LogP contribution in [0.5, 0.6) is 5.75 Å². The number of amides is 1. The lowest BCUT2D eigenvalue weighted by molar-refractivity contribution is 0.0236. The van der Waals surface area contributed by atoms with Gasteiger partial charge in [0.05, 0.1) is 0 Å². The molecule has 1 fully saturated rings. The van der Waals surface area contributed by atoms with Crippen LogP contribution < -0.4 is 5.32 Å². The average Bonchev–Trinajstić information content (AvgIpc) is 3.24. The fraction of sp³-hybridized carbons (Fsp3) is 0.588. The molecule has 2 rings (SSSR count). The van der Waals surface area contributed by atoms with Crippen molar-refractivity contribution in [1.29, 1.82) is 0 Å². The van der Waals surface area contributed by atoms with Gasteiger partial charge in [0, 0.05) is 31.2 Å². The highest BCUT2D eigenvalue weighted by atomic mass is 19.1. The van der Waals surface area contributed by atoms with Gasteiger partial charge in [-0.25, -0.2) is 9.18 Å². The second-order valence-corrected chi connectivity index (χ2v) is 6.85. The summed E-state index contributed by atoms with van der Waals surface area (Å²) in [5.74, 6) is -0.321. The van der Waals surface area contributed by atoms with Crippen molar-refractivity contribution in [2.75, 3.05) is 13.1 Å². The van der Waals surface area contributed by atoms with Crippen molar-refractivity contribution < 1.29 is 19.0 Å². The number of benzene rings is 1. The molecule has 1 saturated carbocycles. The van der Waals surface area contributed by atoms with Crippen molar-refractivity contribution in [3.05, 3.63) is 29.6 Å². The van der Waals surface area contributed by atoms with E-state index in [1.807, 2.05) is 20.8 Å². The summed E-state index contributed by atoms with van der Waals surface area (Å²) in [5.41, 5.74) is -0.00870. The van der Waals surface area contributed by atoms with Gasteiger partial charge in [0.1, 0.15) is 17.2 Å². The van der Waals surface area contributed by atoms with Gasteiger partial charge in [0.25, 0.3) is 0 Å². The van der Waals surface area contributed by atoms with E-state index >= 15 is 0 Å². The van der Waals surface area contributed by atoms with Crippen LogP contribution in [0.1, 0.15) is 39.2 Å². The smallest absolute Gasteiger partial charge is 0.410 e. The number of nitrogens with zero attached hydrogens (tertiary/aromatic N) is 1. The summed E-state index contributed by atoms with van der Waals surface area (Å²) in [5, 5.41) is 12.8. The van der Waals surface area contributed by atoms with E-state index in [-0.39, 0.29) is 23.7 Å². The molecule has 0 spiro atoms. The predicted molar refractivity (Wildman–Crippen MR) is 85.7 cm³/mol. The van der Waals surface area contributed by atoms with Crippen LogP contribution in [0.4, 0.5) is 9.18 Å². The number of nitrogens with one attached hydrogen (secondary N) is 1. The number of rotatable bonds is 6. The van der Waals surface area contributed by atoms with Crippen LogP contribution in [0.2, 0.25) is 0 Å². The summed E-state index contributed by atoms with van der Waals surface area (Å²) in [6.45, 7) is 6.96. The van der Waals surface area contributed by atoms with E-state index in [4.69, 9.17) is 4.74 Å². The second-order valence-electron chi connectivity index (χ2n) is 6.85. The molecule has 1 amide bonds. The summed E-state index contributed by atoms with van der Waals surface area (Å²) in [6.07, 6.45) is 1.71. The zero-order valence-corrected chi connectivity index (χ0v) is 13.9. The fourth-order valence-corrected chi connectivity index (χ4v) is 2.25. The first-order chi connectivity index (χ1) is 10.8. The lowest BCUT2D eigenvalue weighted by Crippen LogP contribution is -2.41. The maximum Gasteiger partial charge on any atom is 0.410 e. The van der Waals surface area contributed by atoms with Crippen molar-refractivity contribution in [2.45, 2.75) is 51.8 Å². The lowest BCUT2D eigenvalue weighted by Gasteiger charge is -2.27. The zero-order valence-electron chi connectivity index (χ0n) is 13.9. The molecule has 0 unspecified atom stereocenters. The third-order valence-corrected chi connectivity index (χ3v) is 3.50. The van der Waals surface area contributed by atoms with Crippen LogP contribution in [0.25, 0.3) is 0 Å². The lowest BCUT2D eigenvalue weighted by atomic mass is 10.2. The van der Waals surface area contributed by atoms with E-state index in [0.717, 1.165) is 12.8 Å². The SMILES string of the molecule is CC(C)(C)OC(=O)N(CCNCc1cc(F)ccc1O)C1CC1. The monoisotopic (exact) mass is 324 g/mol. The van der Waals surface area contributed by atoms with Gasteiger partial charge in [0.15, 0.2) is 0 Å². The van der Waals surface area contributed by atoms with Crippen molar-refractivity contribution in [1.82, 2.24) is 10.2 Å². The Morgan fingerprint density at radius 1 is 1.43 bits per heavy atom. The van der Waals surface area contributed by atoms with E-state index in [0.29, 0.717) is 25.2 Å². The molecule has 2 N–H and O–H groups in total. The highest BCUT2D eigenvalue weighted by molar-refractivity contribution is 5.69. The van der Waals surface area contributed by atoms with E-state index < -0.39 is 5.60 Å². The van der Waals surface area contributed by atoms with Crippen molar-refractivity contribution in [3.8, 4) is 5.75 Å². The molecule has 1 aliphatic carbocycles. The van der Waals surface area contributed by atoms with Gasteiger partial charge in [-0.15, -0.1) is 0 Å². The van der Waals surface area contributed by atoms with Gasteiger partial charge < -0.3 is 20.1 Å². The van der Waals surface area contributed by atoms with Crippen LogP contribution >= 0.6 is 0 Å². The van der Waals surface area contributed by atoms with E-state index in [9.17, 15) is 14.3 Å². The number of hydrogen-bond donors (Lipinski definition) is 2. The Balaban J connectivity index is 1.81. The highest BCUT2D eigenvalue weighted by Gasteiger charge is 2.34. The molecular weight excluding hydrogens is 299 g/mol. The molecule has 1 aromatic rings. The molecule has 23 heavy (non-hydrogen) atoms. The van der Waals surface area contributed by atoms with Crippen LogP contribution in [-0.4, -0.2) is 40.8 Å². The number of ether oxygens (including phenoxy) is 1. The molecule has 0 aliphatic heterocycles. The molecule has 128 valence electrons. The number of carbonyl (C=O) groups excluding carboxylic acids is 1. The van der Waals surface area contributed by atoms with Gasteiger partial charge in [-0.2, -0.15) is 0 Å². The molecule has 0 aromatic heterocycles. The van der Waals surface area contributed by atoms with E-state index in [1.165, 1.54) is 18.2 Å². The third kappa shape index (κ3) is 5.71. The Bertz CT molecular complexity index is 553. The summed E-state index contributed by atoms with van der Waals surface area (Å²) in [6, 6.07) is 4.11. The second kappa shape index (κ2) is 7.17. The molecule has 6 heteroatoms. The number of aromatic hydroxyl groups is 1. The number of hydrogen-bond acceptors (Lipinski definition) is 4. The zero-order chi connectivity index (χ0) is 17.0. The van der Waals surface area contributed by atoms with Crippen LogP contribution in [-0.2, 0) is 11.3 Å². The molecule has 5 nitrogen and oxygen atoms in total. The normalized spacial score (nSPS) is 14.6. The molecule has 0 bridgehead atoms. The summed E-state index contributed by atoms with van der Waals surface area (Å²) in [7, 11) is 0. The van der Waals surface area contributed by atoms with Crippen LogP contribution in [0.3, 0.4) is 0 Å². The van der Waals surface area contributed by atoms with Crippen molar-refractivity contribution in [3.63, 3.8) is 0 Å². The third-order valence-electron chi connectivity index (χ3n) is 3.50. The minimum absolute atomic E-state index is 0.0603. The summed E-state index contributed by atoms with van der Waals surface area (Å²) >= 11 is 0. The van der Waals surface area contributed by atoms with E-state index in [1.54, 1.807) is 4.90 Å². The first-order valence-corrected chi connectivity index (χ1v) is 7.94. The number of phenolic OH excluding ortho intramolecular Hbond substituents is 1. The fourth-order valence-electron chi connectivity index (χ4n) is 2.25. The van der Waals surface area contributed by atoms with Gasteiger partial charge in [-0.1, -0.05) is 0 Å². The quantitative estimate of drug-likeness (QED) is 0.790. The first kappa shape index (κ1) is 17.5. The number of carbonyl (C=O) groups is 1. The first-order valence-electron chi connectivity index (χ1n) is 7.94. The standard InChI is InChI=1S/C17H25FN2O3/c1-17(2,3)23-16(22)20(14-5-6-14)9-8-19-11-12-10-13(18)4-7-15(12)21/h4,7,10,14,19,21H,5-6,8-9,11H2,1-3H3. The van der Waals surface area contributed by atoms with E-state index in [2.05, 4.69) is 5.32 Å². The van der Waals surface area contributed by atoms with Crippen molar-refractivity contribution in [2.24, 2.45) is 0 Å². The summed E-state index contributed by atoms with van der Waals surface area (Å²) < 4.78 is 18.6. The minimum atomic E-state index is -0.509. The molecule has 0 heterocycles. The van der Waals surface area contributed by atoms with Gasteiger partial charge >= 0.3 is 6.09 Å². The minimum Gasteiger partial charge on any atom is -0.508 e. The molecule has 1 aliphatic rings. The average molecular weight is 324 g/mol. The molecular formula is C17H25FN2O3. The van der Waals surface area contributed by atoms with Crippen molar-refractivity contribution >= 4 is 6.09 Å². The molecule has 0 radical (unpaired) electrons. The Morgan fingerprint density at radius 2 is 2.13 bits per heavy atom.